The zero-order valence-electron chi connectivity index (χ0n) is 11.3. The molecule has 0 bridgehead atoms. The van der Waals surface area contributed by atoms with Crippen LogP contribution in [-0.2, 0) is 29.6 Å². The normalized spacial score (nSPS) is 28.3. The molecule has 0 aromatic carbocycles. The van der Waals surface area contributed by atoms with Gasteiger partial charge in [0.15, 0.2) is 9.84 Å². The molecule has 2 aliphatic rings. The summed E-state index contributed by atoms with van der Waals surface area (Å²) in [5.41, 5.74) is 0. The van der Waals surface area contributed by atoms with Gasteiger partial charge < -0.3 is 9.84 Å². The first kappa shape index (κ1) is 16.6. The Hall–Kier alpha value is -0.750. The van der Waals surface area contributed by atoms with Crippen LogP contribution in [0.1, 0.15) is 6.42 Å². The smallest absolute Gasteiger partial charge is 0.305 e. The van der Waals surface area contributed by atoms with Crippen LogP contribution in [0.5, 0.6) is 0 Å². The van der Waals surface area contributed by atoms with Crippen LogP contribution in [-0.4, -0.2) is 86.9 Å². The standard InChI is InChI=1S/C10H18N2O7S2/c13-10(14)7-9-8-20(15,16)6-3-12(9)21(17,18)11-1-4-19-5-2-11/h9H,1-8H2,(H,13,14). The molecule has 122 valence electrons. The van der Waals surface area contributed by atoms with Crippen molar-refractivity contribution in [1.82, 2.24) is 8.61 Å². The number of sulfone groups is 1. The Balaban J connectivity index is 2.23. The zero-order chi connectivity index (χ0) is 15.7. The van der Waals surface area contributed by atoms with Crippen LogP contribution in [0, 0.1) is 0 Å². The average Bonchev–Trinajstić information content (AvgIpc) is 2.37. The Bertz CT molecular complexity index is 595. The monoisotopic (exact) mass is 342 g/mol. The van der Waals surface area contributed by atoms with Crippen LogP contribution in [0.25, 0.3) is 0 Å². The SMILES string of the molecule is O=C(O)CC1CS(=O)(=O)CCN1S(=O)(=O)N1CCOCC1. The van der Waals surface area contributed by atoms with Crippen LogP contribution in [0.3, 0.4) is 0 Å². The predicted octanol–water partition coefficient (Wildman–Crippen LogP) is -1.86. The molecule has 11 heteroatoms. The van der Waals surface area contributed by atoms with Crippen LogP contribution >= 0.6 is 0 Å². The first-order valence-electron chi connectivity index (χ1n) is 6.49. The van der Waals surface area contributed by atoms with E-state index in [2.05, 4.69) is 0 Å². The summed E-state index contributed by atoms with van der Waals surface area (Å²) in [6.07, 6.45) is -0.525. The zero-order valence-corrected chi connectivity index (χ0v) is 13.0. The lowest BCUT2D eigenvalue weighted by Gasteiger charge is -2.38. The first-order valence-corrected chi connectivity index (χ1v) is 9.71. The van der Waals surface area contributed by atoms with Gasteiger partial charge in [0.25, 0.3) is 10.2 Å². The molecule has 2 heterocycles. The number of nitrogens with zero attached hydrogens (tertiary/aromatic N) is 2. The molecule has 0 aromatic rings. The molecule has 0 spiro atoms. The fraction of sp³-hybridized carbons (Fsp3) is 0.900. The van der Waals surface area contributed by atoms with Crippen molar-refractivity contribution < 1.29 is 31.5 Å². The lowest BCUT2D eigenvalue weighted by atomic mass is 10.2. The molecule has 0 aliphatic carbocycles. The number of aliphatic carboxylic acids is 1. The van der Waals surface area contributed by atoms with E-state index in [9.17, 15) is 21.6 Å². The van der Waals surface area contributed by atoms with Gasteiger partial charge in [-0.05, 0) is 0 Å². The third-order valence-corrected chi connectivity index (χ3v) is 7.27. The number of carbonyl (C=O) groups is 1. The van der Waals surface area contributed by atoms with E-state index >= 15 is 0 Å². The van der Waals surface area contributed by atoms with Crippen LogP contribution in [0.15, 0.2) is 0 Å². The Morgan fingerprint density at radius 2 is 1.86 bits per heavy atom. The van der Waals surface area contributed by atoms with Crippen molar-refractivity contribution in [1.29, 1.82) is 0 Å². The summed E-state index contributed by atoms with van der Waals surface area (Å²) in [6.45, 7) is 0.709. The van der Waals surface area contributed by atoms with Gasteiger partial charge in [-0.15, -0.1) is 0 Å². The number of hydrogen-bond acceptors (Lipinski definition) is 6. The highest BCUT2D eigenvalue weighted by molar-refractivity contribution is 7.91. The summed E-state index contributed by atoms with van der Waals surface area (Å²) in [4.78, 5) is 10.9. The van der Waals surface area contributed by atoms with Crippen LogP contribution in [0.4, 0.5) is 0 Å². The molecule has 0 saturated carbocycles. The van der Waals surface area contributed by atoms with E-state index in [1.54, 1.807) is 0 Å². The lowest BCUT2D eigenvalue weighted by molar-refractivity contribution is -0.137. The Kier molecular flexibility index (Phi) is 4.88. The van der Waals surface area contributed by atoms with E-state index in [1.165, 1.54) is 4.31 Å². The maximum absolute atomic E-state index is 12.6. The van der Waals surface area contributed by atoms with Gasteiger partial charge in [0.1, 0.15) is 0 Å². The number of morpholine rings is 1. The molecular weight excluding hydrogens is 324 g/mol. The number of carboxylic acid groups (broad SMARTS) is 1. The first-order chi connectivity index (χ1) is 9.72. The lowest BCUT2D eigenvalue weighted by Crippen LogP contribution is -2.57. The molecule has 1 atom stereocenters. The van der Waals surface area contributed by atoms with Crippen molar-refractivity contribution in [3.8, 4) is 0 Å². The van der Waals surface area contributed by atoms with E-state index in [1.807, 2.05) is 0 Å². The van der Waals surface area contributed by atoms with Crippen LogP contribution < -0.4 is 0 Å². The molecule has 1 unspecified atom stereocenters. The predicted molar refractivity (Wildman–Crippen MR) is 72.7 cm³/mol. The molecular formula is C10H18N2O7S2. The summed E-state index contributed by atoms with van der Waals surface area (Å²) in [5, 5.41) is 8.88. The van der Waals surface area contributed by atoms with Gasteiger partial charge in [0.05, 0.1) is 37.2 Å². The molecule has 0 amide bonds. The second-order valence-electron chi connectivity index (χ2n) is 5.00. The van der Waals surface area contributed by atoms with E-state index in [0.29, 0.717) is 0 Å². The molecule has 2 aliphatic heterocycles. The van der Waals surface area contributed by atoms with Gasteiger partial charge in [-0.25, -0.2) is 8.42 Å². The molecule has 1 N–H and O–H groups in total. The van der Waals surface area contributed by atoms with Crippen molar-refractivity contribution >= 4 is 26.0 Å². The van der Waals surface area contributed by atoms with Crippen molar-refractivity contribution in [2.24, 2.45) is 0 Å². The second-order valence-corrected chi connectivity index (χ2v) is 9.11. The fourth-order valence-corrected chi connectivity index (χ4v) is 5.95. The topological polar surface area (TPSA) is 121 Å². The molecule has 0 radical (unpaired) electrons. The minimum Gasteiger partial charge on any atom is -0.481 e. The van der Waals surface area contributed by atoms with E-state index in [0.717, 1.165) is 4.31 Å². The van der Waals surface area contributed by atoms with Gasteiger partial charge in [0.2, 0.25) is 0 Å². The Morgan fingerprint density at radius 3 is 2.43 bits per heavy atom. The largest absolute Gasteiger partial charge is 0.481 e. The molecule has 2 fully saturated rings. The minimum atomic E-state index is -3.87. The van der Waals surface area contributed by atoms with E-state index in [4.69, 9.17) is 9.84 Å². The maximum Gasteiger partial charge on any atom is 0.305 e. The number of rotatable bonds is 4. The highest BCUT2D eigenvalue weighted by Gasteiger charge is 2.42. The quantitative estimate of drug-likeness (QED) is 0.635. The molecule has 21 heavy (non-hydrogen) atoms. The van der Waals surface area contributed by atoms with E-state index < -0.39 is 44.2 Å². The summed E-state index contributed by atoms with van der Waals surface area (Å²) < 4.78 is 55.7. The van der Waals surface area contributed by atoms with Gasteiger partial charge in [-0.2, -0.15) is 17.0 Å². The molecule has 9 nitrogen and oxygen atoms in total. The highest BCUT2D eigenvalue weighted by atomic mass is 32.2. The van der Waals surface area contributed by atoms with Gasteiger partial charge in [0, 0.05) is 19.6 Å². The van der Waals surface area contributed by atoms with Gasteiger partial charge in [-0.3, -0.25) is 4.79 Å². The molecule has 2 saturated heterocycles. The molecule has 2 rings (SSSR count). The van der Waals surface area contributed by atoms with E-state index in [-0.39, 0.29) is 38.6 Å². The summed E-state index contributed by atoms with van der Waals surface area (Å²) in [6, 6.07) is -1.06. The van der Waals surface area contributed by atoms with Gasteiger partial charge >= 0.3 is 5.97 Å². The van der Waals surface area contributed by atoms with Crippen molar-refractivity contribution in [3.05, 3.63) is 0 Å². The average molecular weight is 342 g/mol. The summed E-state index contributed by atoms with van der Waals surface area (Å²) >= 11 is 0. The third kappa shape index (κ3) is 3.92. The summed E-state index contributed by atoms with van der Waals surface area (Å²) in [7, 11) is -7.29. The third-order valence-electron chi connectivity index (χ3n) is 3.48. The van der Waals surface area contributed by atoms with Gasteiger partial charge in [-0.1, -0.05) is 0 Å². The number of ether oxygens (including phenoxy) is 1. The Labute approximate surface area is 123 Å². The highest BCUT2D eigenvalue weighted by Crippen LogP contribution is 2.22. The summed E-state index contributed by atoms with van der Waals surface area (Å²) in [5.74, 6) is -1.96. The van der Waals surface area contributed by atoms with Crippen molar-refractivity contribution in [3.63, 3.8) is 0 Å². The number of hydrogen-bond donors (Lipinski definition) is 1. The number of carboxylic acids is 1. The van der Waals surface area contributed by atoms with Crippen molar-refractivity contribution in [2.75, 3.05) is 44.4 Å². The fourth-order valence-electron chi connectivity index (χ4n) is 2.46. The minimum absolute atomic E-state index is 0.186. The Morgan fingerprint density at radius 1 is 1.24 bits per heavy atom. The second kappa shape index (κ2) is 6.16. The van der Waals surface area contributed by atoms with Crippen LogP contribution in [0.2, 0.25) is 0 Å². The van der Waals surface area contributed by atoms with Crippen molar-refractivity contribution in [2.45, 2.75) is 12.5 Å². The molecule has 0 aromatic heterocycles. The maximum atomic E-state index is 12.6.